The molecule has 11 heteroatoms. The first-order valence-corrected chi connectivity index (χ1v) is 9.34. The van der Waals surface area contributed by atoms with Crippen LogP contribution in [0.5, 0.6) is 5.88 Å². The monoisotopic (exact) mass is 370 g/mol. The van der Waals surface area contributed by atoms with E-state index in [4.69, 9.17) is 4.74 Å². The third-order valence-electron chi connectivity index (χ3n) is 3.69. The summed E-state index contributed by atoms with van der Waals surface area (Å²) in [5, 5.41) is 22.4. The van der Waals surface area contributed by atoms with E-state index in [1.54, 1.807) is 6.07 Å². The van der Waals surface area contributed by atoms with Crippen molar-refractivity contribution in [3.05, 3.63) is 40.8 Å². The lowest BCUT2D eigenvalue weighted by Gasteiger charge is -2.31. The number of fused-ring (bicyclic) bond motifs is 1. The molecule has 134 valence electrons. The van der Waals surface area contributed by atoms with Crippen LogP contribution in [0.1, 0.15) is 22.9 Å². The van der Waals surface area contributed by atoms with Crippen molar-refractivity contribution >= 4 is 15.7 Å². The van der Waals surface area contributed by atoms with Crippen LogP contribution in [0.25, 0.3) is 0 Å². The third kappa shape index (κ3) is 3.87. The van der Waals surface area contributed by atoms with Crippen LogP contribution in [0.15, 0.2) is 28.0 Å². The van der Waals surface area contributed by atoms with Gasteiger partial charge in [-0.25, -0.2) is 17.4 Å². The van der Waals surface area contributed by atoms with Gasteiger partial charge >= 0.3 is 0 Å². The fourth-order valence-electron chi connectivity index (χ4n) is 2.42. The van der Waals surface area contributed by atoms with Gasteiger partial charge in [-0.3, -0.25) is 0 Å². The van der Waals surface area contributed by atoms with E-state index in [0.29, 0.717) is 6.42 Å². The van der Waals surface area contributed by atoms with Gasteiger partial charge < -0.3 is 15.3 Å². The number of hydrogen-bond donors (Lipinski definition) is 2. The van der Waals surface area contributed by atoms with Crippen molar-refractivity contribution in [1.82, 2.24) is 15.6 Å². The van der Waals surface area contributed by atoms with E-state index in [1.807, 2.05) is 0 Å². The zero-order chi connectivity index (χ0) is 18.0. The average Bonchev–Trinajstić information content (AvgIpc) is 2.98. The summed E-state index contributed by atoms with van der Waals surface area (Å²) in [6.07, 6.45) is 1.69. The van der Waals surface area contributed by atoms with E-state index in [-0.39, 0.29) is 41.6 Å². The molecule has 3 rings (SSSR count). The number of halogens is 1. The molecule has 9 nitrogen and oxygen atoms in total. The van der Waals surface area contributed by atoms with Gasteiger partial charge in [-0.05, 0) is 40.0 Å². The number of ether oxygens (including phenoxy) is 1. The van der Waals surface area contributed by atoms with E-state index < -0.39 is 9.84 Å². The molecular weight excluding hydrogens is 355 g/mol. The Morgan fingerprint density at radius 1 is 1.52 bits per heavy atom. The molecule has 0 aliphatic heterocycles. The highest BCUT2D eigenvalue weighted by Crippen LogP contribution is 2.33. The molecule has 2 N–H and O–H groups in total. The lowest BCUT2D eigenvalue weighted by molar-refractivity contribution is 0.264. The first-order valence-electron chi connectivity index (χ1n) is 7.28. The molecule has 1 atom stereocenters. The third-order valence-corrected chi connectivity index (χ3v) is 4.60. The molecule has 0 spiro atoms. The highest BCUT2D eigenvalue weighted by atomic mass is 32.2. The number of nitrogens with one attached hydrogen (secondary N) is 1. The van der Waals surface area contributed by atoms with Gasteiger partial charge in [0.05, 0.1) is 11.8 Å². The van der Waals surface area contributed by atoms with Crippen molar-refractivity contribution in [2.24, 2.45) is 5.16 Å². The number of amidine groups is 1. The van der Waals surface area contributed by atoms with Crippen molar-refractivity contribution in [3.8, 4) is 5.88 Å². The average molecular weight is 370 g/mol. The van der Waals surface area contributed by atoms with Gasteiger partial charge in [0.2, 0.25) is 11.5 Å². The second-order valence-corrected chi connectivity index (χ2v) is 7.85. The summed E-state index contributed by atoms with van der Waals surface area (Å²) in [5.74, 6) is -0.757. The van der Waals surface area contributed by atoms with Crippen LogP contribution in [0.4, 0.5) is 4.39 Å². The minimum absolute atomic E-state index is 0.0131. The highest BCUT2D eigenvalue weighted by Gasteiger charge is 2.30. The Bertz CT molecular complexity index is 912. The van der Waals surface area contributed by atoms with E-state index in [9.17, 15) is 18.0 Å². The number of nitrogens with zero attached hydrogens (tertiary/aromatic N) is 3. The number of rotatable bonds is 6. The van der Waals surface area contributed by atoms with Crippen LogP contribution in [0.2, 0.25) is 0 Å². The summed E-state index contributed by atoms with van der Waals surface area (Å²) < 4.78 is 45.4. The number of oxime groups is 1. The summed E-state index contributed by atoms with van der Waals surface area (Å²) in [4.78, 5) is 0. The van der Waals surface area contributed by atoms with Gasteiger partial charge in [0.15, 0.2) is 9.84 Å². The van der Waals surface area contributed by atoms with Gasteiger partial charge in [0.1, 0.15) is 12.4 Å². The van der Waals surface area contributed by atoms with Crippen LogP contribution in [-0.4, -0.2) is 48.4 Å². The van der Waals surface area contributed by atoms with Crippen molar-refractivity contribution in [2.45, 2.75) is 12.5 Å². The zero-order valence-electron chi connectivity index (χ0n) is 13.1. The second-order valence-electron chi connectivity index (χ2n) is 5.59. The molecule has 0 amide bonds. The number of hydrogen-bond acceptors (Lipinski definition) is 8. The predicted octanol–water partition coefficient (Wildman–Crippen LogP) is 0.655. The van der Waals surface area contributed by atoms with Crippen LogP contribution >= 0.6 is 0 Å². The fraction of sp³-hybridized carbons (Fsp3) is 0.357. The number of sulfone groups is 1. The fourth-order valence-corrected chi connectivity index (χ4v) is 2.81. The Morgan fingerprint density at radius 2 is 2.32 bits per heavy atom. The highest BCUT2D eigenvalue weighted by molar-refractivity contribution is 7.90. The molecular formula is C14H15FN4O5S. The predicted molar refractivity (Wildman–Crippen MR) is 83.8 cm³/mol. The molecule has 2 aromatic rings. The molecule has 1 aliphatic rings. The van der Waals surface area contributed by atoms with Crippen LogP contribution in [-0.2, 0) is 16.3 Å². The van der Waals surface area contributed by atoms with Gasteiger partial charge in [-0.1, -0.05) is 11.2 Å². The van der Waals surface area contributed by atoms with E-state index in [1.165, 1.54) is 12.1 Å². The Morgan fingerprint density at radius 3 is 3.04 bits per heavy atom. The van der Waals surface area contributed by atoms with Gasteiger partial charge in [-0.2, -0.15) is 0 Å². The SMILES string of the molecule is CS(=O)(=O)CCOc1nonc1/C(=N/O)N[C@H]1Cc2ccc(F)cc21. The standard InChI is InChI=1S/C14H15FN4O5S/c1-25(21,22)5-4-23-14-12(18-24-19-14)13(17-20)16-11-6-8-2-3-9(15)7-10(8)11/h2-3,7,11,20H,4-6H2,1H3,(H,16,17)/t11-/m0/s1. The van der Waals surface area contributed by atoms with Crippen molar-refractivity contribution < 1.29 is 27.4 Å². The molecule has 0 radical (unpaired) electrons. The summed E-state index contributed by atoms with van der Waals surface area (Å²) in [6.45, 7) is -0.157. The Hall–Kier alpha value is -2.69. The summed E-state index contributed by atoms with van der Waals surface area (Å²) in [7, 11) is -3.20. The maximum Gasteiger partial charge on any atom is 0.287 e. The van der Waals surface area contributed by atoms with Gasteiger partial charge in [0.25, 0.3) is 5.88 Å². The van der Waals surface area contributed by atoms with E-state index in [0.717, 1.165) is 17.4 Å². The minimum atomic E-state index is -3.20. The lowest BCUT2D eigenvalue weighted by atomic mass is 9.83. The molecule has 1 aromatic heterocycles. The lowest BCUT2D eigenvalue weighted by Crippen LogP contribution is -2.36. The Balaban J connectivity index is 1.70. The molecule has 0 bridgehead atoms. The molecule has 25 heavy (non-hydrogen) atoms. The Kier molecular flexibility index (Phi) is 4.57. The minimum Gasteiger partial charge on any atom is -0.473 e. The van der Waals surface area contributed by atoms with Crippen molar-refractivity contribution in [3.63, 3.8) is 0 Å². The molecule has 1 aromatic carbocycles. The summed E-state index contributed by atoms with van der Waals surface area (Å²) in [6, 6.07) is 4.20. The quantitative estimate of drug-likeness (QED) is 0.328. The largest absolute Gasteiger partial charge is 0.473 e. The normalized spacial score (nSPS) is 16.9. The van der Waals surface area contributed by atoms with Crippen LogP contribution < -0.4 is 10.1 Å². The molecule has 0 unspecified atom stereocenters. The van der Waals surface area contributed by atoms with Crippen LogP contribution in [0, 0.1) is 5.82 Å². The first-order chi connectivity index (χ1) is 11.9. The topological polar surface area (TPSA) is 127 Å². The van der Waals surface area contributed by atoms with E-state index in [2.05, 4.69) is 25.4 Å². The maximum absolute atomic E-state index is 13.3. The van der Waals surface area contributed by atoms with Gasteiger partial charge in [-0.15, -0.1) is 0 Å². The zero-order valence-corrected chi connectivity index (χ0v) is 14.0. The molecule has 0 saturated carbocycles. The Labute approximate surface area is 142 Å². The van der Waals surface area contributed by atoms with Crippen LogP contribution in [0.3, 0.4) is 0 Å². The summed E-state index contributed by atoms with van der Waals surface area (Å²) >= 11 is 0. The molecule has 0 fully saturated rings. The molecule has 1 heterocycles. The molecule has 1 aliphatic carbocycles. The first kappa shape index (κ1) is 17.1. The van der Waals surface area contributed by atoms with Gasteiger partial charge in [0, 0.05) is 6.26 Å². The molecule has 0 saturated heterocycles. The maximum atomic E-state index is 13.3. The number of aromatic nitrogens is 2. The van der Waals surface area contributed by atoms with Crippen molar-refractivity contribution in [1.29, 1.82) is 0 Å². The van der Waals surface area contributed by atoms with Crippen molar-refractivity contribution in [2.75, 3.05) is 18.6 Å². The van der Waals surface area contributed by atoms with E-state index >= 15 is 0 Å². The second kappa shape index (κ2) is 6.67. The summed E-state index contributed by atoms with van der Waals surface area (Å²) in [5.41, 5.74) is 1.72. The number of benzene rings is 1. The smallest absolute Gasteiger partial charge is 0.287 e.